The average molecular weight is 520 g/mol. The Morgan fingerprint density at radius 3 is 2.32 bits per heavy atom. The Morgan fingerprint density at radius 1 is 1.14 bits per heavy atom. The third kappa shape index (κ3) is 6.40. The van der Waals surface area contributed by atoms with Crippen LogP contribution in [0.2, 0.25) is 0 Å². The zero-order chi connectivity index (χ0) is 19.8. The van der Waals surface area contributed by atoms with E-state index >= 15 is 0 Å². The third-order valence-electron chi connectivity index (χ3n) is 3.95. The molecule has 0 unspecified atom stereocenters. The maximum absolute atomic E-state index is 5.49. The van der Waals surface area contributed by atoms with Crippen LogP contribution in [0.4, 0.5) is 0 Å². The van der Waals surface area contributed by atoms with Gasteiger partial charge in [-0.05, 0) is 19.9 Å². The van der Waals surface area contributed by atoms with Gasteiger partial charge in [-0.25, -0.2) is 9.98 Å². The quantitative estimate of drug-likeness (QED) is 0.326. The van der Waals surface area contributed by atoms with Crippen molar-refractivity contribution < 1.29 is 14.2 Å². The molecule has 2 rings (SSSR count). The van der Waals surface area contributed by atoms with Crippen molar-refractivity contribution in [3.05, 3.63) is 33.8 Å². The number of guanidine groups is 1. The number of aliphatic imine (C=N–C) groups is 1. The summed E-state index contributed by atoms with van der Waals surface area (Å²) in [6, 6.07) is 3.72. The zero-order valence-electron chi connectivity index (χ0n) is 17.2. The Kier molecular flexibility index (Phi) is 10.4. The Morgan fingerprint density at radius 2 is 1.79 bits per heavy atom. The van der Waals surface area contributed by atoms with Crippen LogP contribution in [-0.4, -0.2) is 50.8 Å². The summed E-state index contributed by atoms with van der Waals surface area (Å²) in [5, 5.41) is 6.46. The largest absolute Gasteiger partial charge is 0.496 e. The SMILES string of the molecule is CCNC(=NCc1cc(OC)c(OC)cc1OC)N(C)Cc1csc(C)n1.I. The van der Waals surface area contributed by atoms with Crippen LogP contribution >= 0.6 is 35.3 Å². The lowest BCUT2D eigenvalue weighted by Crippen LogP contribution is -2.38. The molecule has 1 aromatic carbocycles. The highest BCUT2D eigenvalue weighted by Crippen LogP contribution is 2.34. The van der Waals surface area contributed by atoms with Gasteiger partial charge in [-0.3, -0.25) is 0 Å². The number of aryl methyl sites for hydroxylation is 1. The number of methoxy groups -OCH3 is 3. The van der Waals surface area contributed by atoms with Crippen LogP contribution in [0, 0.1) is 6.92 Å². The van der Waals surface area contributed by atoms with Crippen molar-refractivity contribution in [1.29, 1.82) is 0 Å². The number of benzene rings is 1. The van der Waals surface area contributed by atoms with Gasteiger partial charge >= 0.3 is 0 Å². The maximum atomic E-state index is 5.49. The van der Waals surface area contributed by atoms with E-state index in [1.165, 1.54) is 0 Å². The van der Waals surface area contributed by atoms with E-state index in [1.54, 1.807) is 32.7 Å². The van der Waals surface area contributed by atoms with E-state index in [0.717, 1.165) is 28.8 Å². The molecule has 1 aromatic heterocycles. The molecular weight excluding hydrogens is 491 g/mol. The van der Waals surface area contributed by atoms with Gasteiger partial charge in [-0.15, -0.1) is 35.3 Å². The number of halogens is 1. The molecule has 0 spiro atoms. The summed E-state index contributed by atoms with van der Waals surface area (Å²) in [6.45, 7) is 5.98. The van der Waals surface area contributed by atoms with Crippen LogP contribution in [0.25, 0.3) is 0 Å². The average Bonchev–Trinajstić information content (AvgIpc) is 3.08. The van der Waals surface area contributed by atoms with Crippen molar-refractivity contribution in [3.8, 4) is 17.2 Å². The van der Waals surface area contributed by atoms with Gasteiger partial charge in [0.2, 0.25) is 0 Å². The van der Waals surface area contributed by atoms with Crippen molar-refractivity contribution in [2.45, 2.75) is 26.9 Å². The highest BCUT2D eigenvalue weighted by Gasteiger charge is 2.13. The third-order valence-corrected chi connectivity index (χ3v) is 4.77. The summed E-state index contributed by atoms with van der Waals surface area (Å²) in [7, 11) is 6.86. The number of hydrogen-bond acceptors (Lipinski definition) is 6. The van der Waals surface area contributed by atoms with Gasteiger partial charge in [0.05, 0.1) is 45.1 Å². The molecule has 28 heavy (non-hydrogen) atoms. The van der Waals surface area contributed by atoms with Crippen LogP contribution in [0.15, 0.2) is 22.5 Å². The van der Waals surface area contributed by atoms with Crippen molar-refractivity contribution in [2.75, 3.05) is 34.9 Å². The Balaban J connectivity index is 0.00000392. The van der Waals surface area contributed by atoms with E-state index in [0.29, 0.717) is 30.3 Å². The van der Waals surface area contributed by atoms with Crippen LogP contribution < -0.4 is 19.5 Å². The first-order chi connectivity index (χ1) is 13.0. The van der Waals surface area contributed by atoms with Gasteiger partial charge in [0, 0.05) is 30.6 Å². The number of hydrogen-bond donors (Lipinski definition) is 1. The number of ether oxygens (including phenoxy) is 3. The van der Waals surface area contributed by atoms with Gasteiger partial charge in [-0.2, -0.15) is 0 Å². The molecule has 7 nitrogen and oxygen atoms in total. The van der Waals surface area contributed by atoms with Crippen LogP contribution in [-0.2, 0) is 13.1 Å². The lowest BCUT2D eigenvalue weighted by Gasteiger charge is -2.21. The predicted molar refractivity (Wildman–Crippen MR) is 125 cm³/mol. The van der Waals surface area contributed by atoms with E-state index in [9.17, 15) is 0 Å². The molecule has 156 valence electrons. The number of rotatable bonds is 8. The molecule has 0 saturated heterocycles. The lowest BCUT2D eigenvalue weighted by molar-refractivity contribution is 0.347. The highest BCUT2D eigenvalue weighted by atomic mass is 127. The molecule has 0 aliphatic carbocycles. The molecular formula is C19H29IN4O3S. The summed E-state index contributed by atoms with van der Waals surface area (Å²) in [6.07, 6.45) is 0. The summed E-state index contributed by atoms with van der Waals surface area (Å²) in [4.78, 5) is 11.3. The molecule has 1 heterocycles. The van der Waals surface area contributed by atoms with Gasteiger partial charge in [0.1, 0.15) is 5.75 Å². The Bertz CT molecular complexity index is 783. The summed E-state index contributed by atoms with van der Waals surface area (Å²) in [5.41, 5.74) is 1.96. The topological polar surface area (TPSA) is 68.2 Å². The molecule has 0 bridgehead atoms. The van der Waals surface area contributed by atoms with Crippen molar-refractivity contribution in [2.24, 2.45) is 4.99 Å². The Hall–Kier alpha value is -1.75. The molecule has 0 fully saturated rings. The summed E-state index contributed by atoms with van der Waals surface area (Å²) >= 11 is 1.65. The Labute approximate surface area is 188 Å². The molecule has 0 aliphatic rings. The van der Waals surface area contributed by atoms with Crippen LogP contribution in [0.1, 0.15) is 23.2 Å². The number of nitrogens with one attached hydrogen (secondary N) is 1. The minimum absolute atomic E-state index is 0. The normalized spacial score (nSPS) is 10.9. The molecule has 0 atom stereocenters. The number of nitrogens with zero attached hydrogens (tertiary/aromatic N) is 3. The second-order valence-corrected chi connectivity index (χ2v) is 6.97. The first kappa shape index (κ1) is 24.3. The van der Waals surface area contributed by atoms with E-state index in [-0.39, 0.29) is 24.0 Å². The fourth-order valence-electron chi connectivity index (χ4n) is 2.64. The minimum atomic E-state index is 0. The standard InChI is InChI=1S/C19H28N4O3S.HI/c1-7-20-19(23(3)11-15-12-27-13(2)22-15)21-10-14-8-17(25-5)18(26-6)9-16(14)24-4;/h8-9,12H,7,10-11H2,1-6H3,(H,20,21);1H. The smallest absolute Gasteiger partial charge is 0.194 e. The number of thiazole rings is 1. The first-order valence-corrected chi connectivity index (χ1v) is 9.59. The number of aromatic nitrogens is 1. The maximum Gasteiger partial charge on any atom is 0.194 e. The monoisotopic (exact) mass is 520 g/mol. The zero-order valence-corrected chi connectivity index (χ0v) is 20.4. The van der Waals surface area contributed by atoms with E-state index in [4.69, 9.17) is 19.2 Å². The molecule has 0 aliphatic heterocycles. The lowest BCUT2D eigenvalue weighted by atomic mass is 10.1. The summed E-state index contributed by atoms with van der Waals surface area (Å²) < 4.78 is 16.2. The fourth-order valence-corrected chi connectivity index (χ4v) is 3.25. The van der Waals surface area contributed by atoms with Crippen molar-refractivity contribution in [1.82, 2.24) is 15.2 Å². The van der Waals surface area contributed by atoms with Gasteiger partial charge < -0.3 is 24.4 Å². The molecule has 1 N–H and O–H groups in total. The van der Waals surface area contributed by atoms with Gasteiger partial charge in [-0.1, -0.05) is 0 Å². The molecule has 0 saturated carbocycles. The molecule has 2 aromatic rings. The van der Waals surface area contributed by atoms with Crippen LogP contribution in [0.3, 0.4) is 0 Å². The van der Waals surface area contributed by atoms with Crippen LogP contribution in [0.5, 0.6) is 17.2 Å². The molecule has 0 radical (unpaired) electrons. The second kappa shape index (κ2) is 11.9. The molecule has 9 heteroatoms. The fraction of sp³-hybridized carbons (Fsp3) is 0.474. The van der Waals surface area contributed by atoms with Gasteiger partial charge in [0.15, 0.2) is 17.5 Å². The molecule has 0 amide bonds. The first-order valence-electron chi connectivity index (χ1n) is 8.71. The highest BCUT2D eigenvalue weighted by molar-refractivity contribution is 14.0. The van der Waals surface area contributed by atoms with E-state index in [2.05, 4.69) is 20.6 Å². The summed E-state index contributed by atoms with van der Waals surface area (Å²) in [5.74, 6) is 2.80. The van der Waals surface area contributed by atoms with Gasteiger partial charge in [0.25, 0.3) is 0 Å². The van der Waals surface area contributed by atoms with E-state index in [1.807, 2.05) is 33.0 Å². The van der Waals surface area contributed by atoms with Crippen molar-refractivity contribution >= 4 is 41.3 Å². The van der Waals surface area contributed by atoms with Crippen molar-refractivity contribution in [3.63, 3.8) is 0 Å². The minimum Gasteiger partial charge on any atom is -0.496 e. The second-order valence-electron chi connectivity index (χ2n) is 5.90. The predicted octanol–water partition coefficient (Wildman–Crippen LogP) is 3.69. The van der Waals surface area contributed by atoms with E-state index < -0.39 is 0 Å².